The van der Waals surface area contributed by atoms with Crippen LogP contribution >= 0.6 is 24.4 Å². The number of tetrazole rings is 2. The zero-order valence-electron chi connectivity index (χ0n) is 58.0. The number of benzene rings is 6. The second-order valence-corrected chi connectivity index (χ2v) is 28.2. The number of carbonyl (C=O) groups excluding carboxylic acids is 5. The van der Waals surface area contributed by atoms with Crippen LogP contribution in [-0.4, -0.2) is 99.3 Å². The molecule has 106 heavy (non-hydrogen) atoms. The Morgan fingerprint density at radius 1 is 0.519 bits per heavy atom. The molecule has 36 heteroatoms. The molecule has 0 atom stereocenters. The Kier molecular flexibility index (Phi) is 26.6. The number of nitrogens with zero attached hydrogens (tertiary/aromatic N) is 10. The molecule has 0 aliphatic heterocycles. The first kappa shape index (κ1) is 77.0. The number of nitrogens with one attached hydrogen (secondary N) is 10. The molecule has 32 nitrogen and oxygen atoms in total. The van der Waals surface area contributed by atoms with Crippen LogP contribution in [0.15, 0.2) is 192 Å². The Morgan fingerprint density at radius 2 is 1.01 bits per heavy atom. The zero-order valence-corrected chi connectivity index (χ0v) is 61.3. The molecular formula is C70H78N20O12S4+2. The standard InChI is InChI=1S/C70H76N20O12S4/c1-48-25-35-60(106(98,99)79-57-33-29-55(30-34-57)76-84-102-64(93)45-87-69(103)89(82-80-87)58-21-11-9-12-22-58)50(3)65(48)73-62(91)43-85-39-17-19-52(41-85)46-101-72-38-16-8-6-5-7-15-37-71-67(94)53-20-18-40-86(42-53)44-63(92)74-66-49(2)26-36-61(51(66)4)105(96,97)78-56-31-27-54(28-32-56)75-77-68(95)100-47-88-70(104)90(83-81-88)59-23-13-10-14-24-59/h9-14,17-36,39-42,72H,5-8,15-16,37-38,43-47H2,1-4H3,(H7-2,71,73,74,75,76,77,78,79,80,81,82,83,84,91,92,94,95)/p+2. The normalized spacial score (nSPS) is 11.3. The Morgan fingerprint density at radius 3 is 1.58 bits per heavy atom. The van der Waals surface area contributed by atoms with Crippen molar-refractivity contribution in [2.75, 3.05) is 44.0 Å². The van der Waals surface area contributed by atoms with E-state index in [2.05, 4.69) is 73.6 Å². The van der Waals surface area contributed by atoms with Gasteiger partial charge < -0.3 is 25.5 Å². The van der Waals surface area contributed by atoms with E-state index in [4.69, 9.17) is 38.8 Å². The van der Waals surface area contributed by atoms with Crippen molar-refractivity contribution >= 4 is 108 Å². The van der Waals surface area contributed by atoms with E-state index in [9.17, 15) is 40.8 Å². The third-order valence-corrected chi connectivity index (χ3v) is 20.0. The topological polar surface area (TPSA) is 381 Å². The van der Waals surface area contributed by atoms with Crippen molar-refractivity contribution in [3.05, 3.63) is 225 Å². The van der Waals surface area contributed by atoms with Crippen molar-refractivity contribution in [3.8, 4) is 11.4 Å². The summed E-state index contributed by atoms with van der Waals surface area (Å²) in [5.41, 5.74) is 19.8. The van der Waals surface area contributed by atoms with Gasteiger partial charge in [-0.15, -0.1) is 0 Å². The predicted octanol–water partition coefficient (Wildman–Crippen LogP) is 8.18. The summed E-state index contributed by atoms with van der Waals surface area (Å²) < 4.78 is 74.3. The molecule has 0 aliphatic rings. The number of rotatable bonds is 36. The van der Waals surface area contributed by atoms with E-state index in [1.165, 1.54) is 55.1 Å². The predicted molar refractivity (Wildman–Crippen MR) is 396 cm³/mol. The molecule has 0 bridgehead atoms. The molecule has 0 saturated carbocycles. The number of aromatic nitrogens is 10. The molecule has 4 heterocycles. The number of hydroxylamine groups is 1. The maximum Gasteiger partial charge on any atom is 0.427 e. The maximum absolute atomic E-state index is 13.7. The van der Waals surface area contributed by atoms with Gasteiger partial charge in [-0.3, -0.25) is 39.5 Å². The first-order valence-corrected chi connectivity index (χ1v) is 37.1. The minimum Gasteiger partial charge on any atom is -0.425 e. The largest absolute Gasteiger partial charge is 0.427 e. The van der Waals surface area contributed by atoms with E-state index < -0.39 is 38.0 Å². The lowest BCUT2D eigenvalue weighted by Gasteiger charge is -2.16. The second kappa shape index (κ2) is 36.7. The summed E-state index contributed by atoms with van der Waals surface area (Å²) in [5, 5.41) is 24.6. The molecule has 0 fully saturated rings. The molecule has 0 spiro atoms. The fourth-order valence-corrected chi connectivity index (χ4v) is 13.9. The molecule has 10 aromatic rings. The van der Waals surface area contributed by atoms with Gasteiger partial charge in [0.25, 0.3) is 37.8 Å². The number of amides is 4. The first-order valence-electron chi connectivity index (χ1n) is 33.3. The summed E-state index contributed by atoms with van der Waals surface area (Å²) in [7, 11) is -8.28. The number of anilines is 6. The lowest BCUT2D eigenvalue weighted by atomic mass is 10.1. The molecule has 0 radical (unpaired) electrons. The summed E-state index contributed by atoms with van der Waals surface area (Å²) in [4.78, 5) is 75.7. The molecular weight excluding hydrogens is 1440 g/mol. The number of sulfonamides is 2. The Bertz CT molecular complexity index is 5120. The number of para-hydroxylation sites is 2. The van der Waals surface area contributed by atoms with Crippen LogP contribution < -0.4 is 61.9 Å². The summed E-state index contributed by atoms with van der Waals surface area (Å²) in [6, 6.07) is 43.7. The van der Waals surface area contributed by atoms with Crippen LogP contribution in [0, 0.1) is 37.2 Å². The number of unbranched alkanes of at least 4 members (excludes halogenated alkanes) is 5. The highest BCUT2D eigenvalue weighted by molar-refractivity contribution is 7.93. The molecule has 4 amide bonds. The molecule has 6 aromatic carbocycles. The minimum absolute atomic E-state index is 0.0250. The van der Waals surface area contributed by atoms with Crippen LogP contribution in [0.3, 0.4) is 0 Å². The fourth-order valence-electron chi connectivity index (χ4n) is 10.8. The van der Waals surface area contributed by atoms with Crippen molar-refractivity contribution in [3.63, 3.8) is 0 Å². The highest BCUT2D eigenvalue weighted by Crippen LogP contribution is 2.31. The SMILES string of the molecule is Cc1ccc(S(=O)(=O)Nc2ccc(NNOC(=O)Cn3nnn(-c4ccccc4)c3=S)cc2)c(C)c1NC(=O)C[n+]1cccc(CONCCCCCCCCNC(=O)c2ccc[n+](CC(=O)Nc3c(C)ccc(S(=O)(=O)Nc4ccc(NNC(=O)OCn5nnn(-c6ccccc6)c5=S)cc4)c3C)c2)c1. The number of pyridine rings is 2. The van der Waals surface area contributed by atoms with Gasteiger partial charge in [-0.1, -0.05) is 79.8 Å². The quantitative estimate of drug-likeness (QED) is 0.00765. The summed E-state index contributed by atoms with van der Waals surface area (Å²) in [6.07, 6.45) is 11.5. The average molecular weight is 1520 g/mol. The molecule has 552 valence electrons. The average Bonchev–Trinajstić information content (AvgIpc) is 1.11. The highest BCUT2D eigenvalue weighted by Gasteiger charge is 2.25. The molecule has 10 rings (SSSR count). The highest BCUT2D eigenvalue weighted by atomic mass is 32.2. The van der Waals surface area contributed by atoms with Crippen LogP contribution in [-0.2, 0) is 81.8 Å². The number of ether oxygens (including phenoxy) is 1. The summed E-state index contributed by atoms with van der Waals surface area (Å²) >= 11 is 10.8. The molecule has 0 unspecified atom stereocenters. The molecule has 0 aliphatic carbocycles. The second-order valence-electron chi connectivity index (χ2n) is 24.1. The van der Waals surface area contributed by atoms with E-state index in [0.717, 1.165) is 44.1 Å². The van der Waals surface area contributed by atoms with E-state index in [1.54, 1.807) is 134 Å². The van der Waals surface area contributed by atoms with Gasteiger partial charge in [-0.2, -0.15) is 23.2 Å². The molecule has 4 aromatic heterocycles. The number of aryl methyl sites for hydroxylation is 2. The number of hydrazine groups is 2. The van der Waals surface area contributed by atoms with Crippen molar-refractivity contribution in [2.24, 2.45) is 0 Å². The van der Waals surface area contributed by atoms with Crippen molar-refractivity contribution in [1.29, 1.82) is 0 Å². The van der Waals surface area contributed by atoms with Crippen LogP contribution in [0.1, 0.15) is 76.7 Å². The van der Waals surface area contributed by atoms with Gasteiger partial charge in [-0.05, 0) is 205 Å². The Labute approximate surface area is 620 Å². The number of hydrogen-bond donors (Lipinski definition) is 10. The molecule has 0 saturated heterocycles. The van der Waals surface area contributed by atoms with E-state index in [0.29, 0.717) is 75.0 Å². The minimum atomic E-state index is -4.15. The lowest BCUT2D eigenvalue weighted by Crippen LogP contribution is -2.41. The van der Waals surface area contributed by atoms with Gasteiger partial charge in [-0.25, -0.2) is 42.0 Å². The van der Waals surface area contributed by atoms with Gasteiger partial charge in [0.2, 0.25) is 22.6 Å². The first-order chi connectivity index (χ1) is 51.1. The van der Waals surface area contributed by atoms with Crippen molar-refractivity contribution in [2.45, 2.75) is 109 Å². The number of hydrogen-bond acceptors (Lipinski definition) is 22. The van der Waals surface area contributed by atoms with Gasteiger partial charge in [0.15, 0.2) is 31.5 Å². The van der Waals surface area contributed by atoms with Crippen LogP contribution in [0.5, 0.6) is 0 Å². The Balaban J connectivity index is 0.571. The third-order valence-electron chi connectivity index (χ3n) is 16.2. The number of carbonyl (C=O) groups is 5. The summed E-state index contributed by atoms with van der Waals surface area (Å²) in [5.74, 6) is -1.80. The maximum atomic E-state index is 13.7. The van der Waals surface area contributed by atoms with Crippen LogP contribution in [0.4, 0.5) is 38.9 Å². The van der Waals surface area contributed by atoms with Crippen LogP contribution in [0.25, 0.3) is 11.4 Å². The van der Waals surface area contributed by atoms with Gasteiger partial charge in [0, 0.05) is 53.5 Å². The van der Waals surface area contributed by atoms with Gasteiger partial charge in [0.05, 0.1) is 39.1 Å². The molecule has 10 N–H and O–H groups in total. The fraction of sp³-hybridized carbons (Fsp3) is 0.243. The summed E-state index contributed by atoms with van der Waals surface area (Å²) in [6.45, 7) is 7.29. The van der Waals surface area contributed by atoms with Crippen molar-refractivity contribution in [1.82, 2.24) is 61.4 Å². The van der Waals surface area contributed by atoms with Gasteiger partial charge >= 0.3 is 12.1 Å². The van der Waals surface area contributed by atoms with E-state index >= 15 is 0 Å². The van der Waals surface area contributed by atoms with Crippen LogP contribution in [0.2, 0.25) is 0 Å². The van der Waals surface area contributed by atoms with E-state index in [1.807, 2.05) is 48.5 Å². The van der Waals surface area contributed by atoms with Gasteiger partial charge in [0.1, 0.15) is 12.1 Å². The smallest absolute Gasteiger partial charge is 0.425 e. The monoisotopic (exact) mass is 1520 g/mol. The van der Waals surface area contributed by atoms with E-state index in [-0.39, 0.29) is 75.5 Å². The van der Waals surface area contributed by atoms with Crippen molar-refractivity contribution < 1.29 is 64.4 Å². The third kappa shape index (κ3) is 21.5. The Hall–Kier alpha value is -11.7. The zero-order chi connectivity index (χ0) is 75.2. The lowest BCUT2D eigenvalue weighted by molar-refractivity contribution is -0.684.